The van der Waals surface area contributed by atoms with Gasteiger partial charge in [0, 0.05) is 19.2 Å². The Balaban J connectivity index is 2.43. The first-order valence-electron chi connectivity index (χ1n) is 6.27. The van der Waals surface area contributed by atoms with Crippen molar-refractivity contribution in [1.82, 2.24) is 5.32 Å². The number of nitrogens with one attached hydrogen (secondary N) is 1. The third-order valence-corrected chi connectivity index (χ3v) is 3.70. The molecule has 1 rings (SSSR count). The second-order valence-electron chi connectivity index (χ2n) is 5.04. The van der Waals surface area contributed by atoms with Gasteiger partial charge >= 0.3 is 0 Å². The van der Waals surface area contributed by atoms with Crippen molar-refractivity contribution in [3.63, 3.8) is 0 Å². The van der Waals surface area contributed by atoms with E-state index in [2.05, 4.69) is 12.2 Å². The van der Waals surface area contributed by atoms with Gasteiger partial charge in [-0.2, -0.15) is 0 Å². The summed E-state index contributed by atoms with van der Waals surface area (Å²) in [6.07, 6.45) is 1.66. The molecule has 17 heavy (non-hydrogen) atoms. The number of rotatable bonds is 6. The fraction of sp³-hybridized carbons (Fsp3) is 0.917. The SMILES string of the molecule is CCC(CCO)CNC(=O)C1(C)COCC1N. The van der Waals surface area contributed by atoms with Crippen molar-refractivity contribution in [2.75, 3.05) is 26.4 Å². The van der Waals surface area contributed by atoms with Crippen molar-refractivity contribution in [3.05, 3.63) is 0 Å². The van der Waals surface area contributed by atoms with E-state index < -0.39 is 5.41 Å². The maximum Gasteiger partial charge on any atom is 0.229 e. The molecular formula is C12H24N2O3. The van der Waals surface area contributed by atoms with Gasteiger partial charge in [0.2, 0.25) is 5.91 Å². The van der Waals surface area contributed by atoms with E-state index in [0.29, 0.717) is 25.7 Å². The highest BCUT2D eigenvalue weighted by Gasteiger charge is 2.44. The molecule has 0 radical (unpaired) electrons. The molecule has 0 aliphatic carbocycles. The summed E-state index contributed by atoms with van der Waals surface area (Å²) in [6, 6.07) is -0.236. The van der Waals surface area contributed by atoms with Crippen LogP contribution in [-0.2, 0) is 9.53 Å². The molecule has 1 aliphatic heterocycles. The Hall–Kier alpha value is -0.650. The lowest BCUT2D eigenvalue weighted by molar-refractivity contribution is -0.130. The van der Waals surface area contributed by atoms with E-state index in [1.165, 1.54) is 0 Å². The zero-order valence-corrected chi connectivity index (χ0v) is 10.7. The molecule has 1 aliphatic rings. The first-order chi connectivity index (χ1) is 8.04. The quantitative estimate of drug-likeness (QED) is 0.608. The number of aliphatic hydroxyl groups excluding tert-OH is 1. The number of nitrogens with two attached hydrogens (primary N) is 1. The molecule has 0 saturated carbocycles. The Kier molecular flexibility index (Phi) is 5.36. The lowest BCUT2D eigenvalue weighted by Crippen LogP contribution is -2.50. The molecule has 0 bridgehead atoms. The van der Waals surface area contributed by atoms with Gasteiger partial charge in [0.25, 0.3) is 0 Å². The van der Waals surface area contributed by atoms with E-state index in [1.54, 1.807) is 0 Å². The minimum atomic E-state index is -0.614. The van der Waals surface area contributed by atoms with Crippen LogP contribution >= 0.6 is 0 Å². The van der Waals surface area contributed by atoms with Gasteiger partial charge in [-0.1, -0.05) is 13.3 Å². The van der Waals surface area contributed by atoms with Gasteiger partial charge in [0.15, 0.2) is 0 Å². The highest BCUT2D eigenvalue weighted by molar-refractivity contribution is 5.83. The maximum absolute atomic E-state index is 12.1. The summed E-state index contributed by atoms with van der Waals surface area (Å²) in [7, 11) is 0. The summed E-state index contributed by atoms with van der Waals surface area (Å²) in [5.74, 6) is 0.282. The summed E-state index contributed by atoms with van der Waals surface area (Å²) in [6.45, 7) is 5.48. The summed E-state index contributed by atoms with van der Waals surface area (Å²) < 4.78 is 5.25. The molecule has 4 N–H and O–H groups in total. The van der Waals surface area contributed by atoms with Gasteiger partial charge in [-0.3, -0.25) is 4.79 Å². The number of carbonyl (C=O) groups is 1. The summed E-state index contributed by atoms with van der Waals surface area (Å²) in [5.41, 5.74) is 5.27. The Morgan fingerprint density at radius 3 is 2.88 bits per heavy atom. The highest BCUT2D eigenvalue weighted by Crippen LogP contribution is 2.27. The Morgan fingerprint density at radius 2 is 2.41 bits per heavy atom. The fourth-order valence-electron chi connectivity index (χ4n) is 1.99. The third kappa shape index (κ3) is 3.40. The molecule has 0 aromatic rings. The van der Waals surface area contributed by atoms with Crippen molar-refractivity contribution in [2.45, 2.75) is 32.7 Å². The molecule has 100 valence electrons. The first-order valence-corrected chi connectivity index (χ1v) is 6.27. The van der Waals surface area contributed by atoms with Crippen LogP contribution in [0, 0.1) is 11.3 Å². The van der Waals surface area contributed by atoms with Crippen LogP contribution in [0.4, 0.5) is 0 Å². The molecule has 1 amide bonds. The molecule has 0 aromatic heterocycles. The van der Waals surface area contributed by atoms with Crippen LogP contribution in [0.2, 0.25) is 0 Å². The van der Waals surface area contributed by atoms with Crippen LogP contribution in [0.1, 0.15) is 26.7 Å². The van der Waals surface area contributed by atoms with E-state index in [9.17, 15) is 4.79 Å². The van der Waals surface area contributed by atoms with Crippen LogP contribution in [0.15, 0.2) is 0 Å². The number of hydrogen-bond acceptors (Lipinski definition) is 4. The van der Waals surface area contributed by atoms with E-state index in [0.717, 1.165) is 12.8 Å². The average molecular weight is 244 g/mol. The van der Waals surface area contributed by atoms with Crippen LogP contribution in [0.3, 0.4) is 0 Å². The van der Waals surface area contributed by atoms with Crippen molar-refractivity contribution >= 4 is 5.91 Å². The minimum absolute atomic E-state index is 0.0427. The molecule has 5 nitrogen and oxygen atoms in total. The van der Waals surface area contributed by atoms with Crippen LogP contribution < -0.4 is 11.1 Å². The van der Waals surface area contributed by atoms with Crippen molar-refractivity contribution in [3.8, 4) is 0 Å². The first kappa shape index (κ1) is 14.4. The second-order valence-corrected chi connectivity index (χ2v) is 5.04. The van der Waals surface area contributed by atoms with Gasteiger partial charge in [-0.25, -0.2) is 0 Å². The van der Waals surface area contributed by atoms with Gasteiger partial charge in [0.05, 0.1) is 18.6 Å². The van der Waals surface area contributed by atoms with Crippen molar-refractivity contribution in [1.29, 1.82) is 0 Å². The standard InChI is InChI=1S/C12H24N2O3/c1-3-9(4-5-15)6-14-11(16)12(2)8-17-7-10(12)13/h9-10,15H,3-8,13H2,1-2H3,(H,14,16). The molecule has 1 saturated heterocycles. The zero-order chi connectivity index (χ0) is 12.9. The van der Waals surface area contributed by atoms with Crippen LogP contribution in [0.25, 0.3) is 0 Å². The number of hydrogen-bond donors (Lipinski definition) is 3. The normalized spacial score (nSPS) is 30.2. The van der Waals surface area contributed by atoms with E-state index in [-0.39, 0.29) is 18.6 Å². The molecule has 3 atom stereocenters. The maximum atomic E-state index is 12.1. The molecule has 3 unspecified atom stereocenters. The number of ether oxygens (including phenoxy) is 1. The van der Waals surface area contributed by atoms with Gasteiger partial charge in [-0.05, 0) is 19.3 Å². The van der Waals surface area contributed by atoms with Gasteiger partial charge < -0.3 is 20.9 Å². The number of carbonyl (C=O) groups excluding carboxylic acids is 1. The predicted octanol–water partition coefficient (Wildman–Crippen LogP) is -0.125. The smallest absolute Gasteiger partial charge is 0.229 e. The average Bonchev–Trinajstić information content (AvgIpc) is 2.66. The summed E-state index contributed by atoms with van der Waals surface area (Å²) in [4.78, 5) is 12.1. The second kappa shape index (κ2) is 6.33. The molecule has 1 fully saturated rings. The lowest BCUT2D eigenvalue weighted by Gasteiger charge is -2.26. The number of aliphatic hydroxyl groups is 1. The van der Waals surface area contributed by atoms with Crippen molar-refractivity contribution in [2.24, 2.45) is 17.1 Å². The molecule has 0 aromatic carbocycles. The molecule has 1 heterocycles. The molecular weight excluding hydrogens is 220 g/mol. The molecule has 5 heteroatoms. The minimum Gasteiger partial charge on any atom is -0.396 e. The van der Waals surface area contributed by atoms with Crippen LogP contribution in [-0.4, -0.2) is 43.4 Å². The Morgan fingerprint density at radius 1 is 1.71 bits per heavy atom. The fourth-order valence-corrected chi connectivity index (χ4v) is 1.99. The summed E-state index contributed by atoms with van der Waals surface area (Å²) >= 11 is 0. The molecule has 0 spiro atoms. The topological polar surface area (TPSA) is 84.6 Å². The van der Waals surface area contributed by atoms with Gasteiger partial charge in [0.1, 0.15) is 0 Å². The van der Waals surface area contributed by atoms with E-state index in [4.69, 9.17) is 15.6 Å². The van der Waals surface area contributed by atoms with E-state index >= 15 is 0 Å². The predicted molar refractivity (Wildman–Crippen MR) is 65.4 cm³/mol. The third-order valence-electron chi connectivity index (χ3n) is 3.70. The lowest BCUT2D eigenvalue weighted by atomic mass is 9.84. The Labute approximate surface area is 103 Å². The largest absolute Gasteiger partial charge is 0.396 e. The zero-order valence-electron chi connectivity index (χ0n) is 10.7. The Bertz CT molecular complexity index is 260. The summed E-state index contributed by atoms with van der Waals surface area (Å²) in [5, 5.41) is 11.8. The van der Waals surface area contributed by atoms with Gasteiger partial charge in [-0.15, -0.1) is 0 Å². The van der Waals surface area contributed by atoms with E-state index in [1.807, 2.05) is 6.92 Å². The number of amides is 1. The highest BCUT2D eigenvalue weighted by atomic mass is 16.5. The van der Waals surface area contributed by atoms with Crippen LogP contribution in [0.5, 0.6) is 0 Å². The van der Waals surface area contributed by atoms with Crippen molar-refractivity contribution < 1.29 is 14.6 Å². The monoisotopic (exact) mass is 244 g/mol.